The Bertz CT molecular complexity index is 610. The van der Waals surface area contributed by atoms with Crippen LogP contribution in [0.25, 0.3) is 10.9 Å². The number of primary amides is 1. The molecule has 0 fully saturated rings. The Balaban J connectivity index is 2.48. The Kier molecular flexibility index (Phi) is 3.57. The number of carbonyl (C=O) groups is 1. The molecule has 1 atom stereocenters. The number of aromatic nitrogens is 1. The molecule has 0 radical (unpaired) electrons. The number of nitrogens with two attached hydrogens (primary N) is 1. The van der Waals surface area contributed by atoms with E-state index in [1.807, 2.05) is 25.1 Å². The zero-order valence-corrected chi connectivity index (χ0v) is 11.5. The highest BCUT2D eigenvalue weighted by Crippen LogP contribution is 2.27. The molecule has 3 nitrogen and oxygen atoms in total. The molecule has 1 amide bonds. The van der Waals surface area contributed by atoms with E-state index in [2.05, 4.69) is 18.0 Å². The minimum atomic E-state index is -0.315. The van der Waals surface area contributed by atoms with Crippen molar-refractivity contribution in [2.75, 3.05) is 0 Å². The fourth-order valence-electron chi connectivity index (χ4n) is 1.83. The van der Waals surface area contributed by atoms with Crippen LogP contribution >= 0.6 is 11.8 Å². The monoisotopic (exact) mass is 260 g/mol. The first-order valence-corrected chi connectivity index (χ1v) is 6.70. The molecular weight excluding hydrogens is 244 g/mol. The zero-order chi connectivity index (χ0) is 13.3. The summed E-state index contributed by atoms with van der Waals surface area (Å²) in [5.41, 5.74) is 8.59. The lowest BCUT2D eigenvalue weighted by Crippen LogP contribution is -2.22. The van der Waals surface area contributed by atoms with E-state index in [1.54, 1.807) is 6.92 Å². The predicted molar refractivity (Wildman–Crippen MR) is 75.7 cm³/mol. The normalized spacial score (nSPS) is 12.6. The predicted octanol–water partition coefficient (Wildman–Crippen LogP) is 2.82. The van der Waals surface area contributed by atoms with Crippen LogP contribution in [0.15, 0.2) is 29.3 Å². The number of nitrogens with zero attached hydrogens (tertiary/aromatic N) is 1. The molecule has 0 aliphatic carbocycles. The van der Waals surface area contributed by atoms with Crippen molar-refractivity contribution >= 4 is 28.6 Å². The third kappa shape index (κ3) is 2.48. The summed E-state index contributed by atoms with van der Waals surface area (Å²) >= 11 is 1.40. The second-order valence-corrected chi connectivity index (χ2v) is 5.77. The Labute approximate surface area is 111 Å². The third-order valence-corrected chi connectivity index (χ3v) is 3.96. The summed E-state index contributed by atoms with van der Waals surface area (Å²) in [7, 11) is 0. The van der Waals surface area contributed by atoms with Crippen LogP contribution < -0.4 is 5.73 Å². The van der Waals surface area contributed by atoms with Crippen molar-refractivity contribution in [1.82, 2.24) is 4.98 Å². The molecule has 0 bridgehead atoms. The maximum absolute atomic E-state index is 11.1. The van der Waals surface area contributed by atoms with Crippen LogP contribution in [0.3, 0.4) is 0 Å². The topological polar surface area (TPSA) is 56.0 Å². The highest BCUT2D eigenvalue weighted by atomic mass is 32.2. The number of aryl methyl sites for hydroxylation is 2. The van der Waals surface area contributed by atoms with Gasteiger partial charge in [-0.3, -0.25) is 4.79 Å². The van der Waals surface area contributed by atoms with E-state index >= 15 is 0 Å². The van der Waals surface area contributed by atoms with E-state index in [0.717, 1.165) is 21.5 Å². The number of carbonyl (C=O) groups excluding carboxylic acids is 1. The molecule has 0 aliphatic rings. The molecule has 1 aromatic heterocycles. The van der Waals surface area contributed by atoms with Gasteiger partial charge in [-0.2, -0.15) is 0 Å². The molecule has 0 spiro atoms. The maximum atomic E-state index is 11.1. The minimum absolute atomic E-state index is 0.265. The fraction of sp³-hybridized carbons (Fsp3) is 0.286. The number of fused-ring (bicyclic) bond motifs is 1. The van der Waals surface area contributed by atoms with Crippen LogP contribution in [0, 0.1) is 13.8 Å². The average Bonchev–Trinajstić information content (AvgIpc) is 2.30. The summed E-state index contributed by atoms with van der Waals surface area (Å²) in [6, 6.07) is 8.15. The third-order valence-electron chi connectivity index (χ3n) is 2.92. The largest absolute Gasteiger partial charge is 0.369 e. The van der Waals surface area contributed by atoms with Crippen molar-refractivity contribution < 1.29 is 4.79 Å². The van der Waals surface area contributed by atoms with Crippen LogP contribution in [-0.4, -0.2) is 16.1 Å². The summed E-state index contributed by atoms with van der Waals surface area (Å²) in [5.74, 6) is -0.315. The van der Waals surface area contributed by atoms with Crippen LogP contribution in [0.1, 0.15) is 18.1 Å². The van der Waals surface area contributed by atoms with Crippen molar-refractivity contribution in [3.05, 3.63) is 35.4 Å². The Morgan fingerprint density at radius 3 is 2.72 bits per heavy atom. The SMILES string of the molecule is Cc1cc(SC(C)C(N)=O)nc2c(C)cccc12. The Morgan fingerprint density at radius 2 is 2.06 bits per heavy atom. The van der Waals surface area contributed by atoms with Crippen molar-refractivity contribution in [1.29, 1.82) is 0 Å². The van der Waals surface area contributed by atoms with Gasteiger partial charge in [-0.25, -0.2) is 4.98 Å². The second kappa shape index (κ2) is 4.98. The maximum Gasteiger partial charge on any atom is 0.230 e. The minimum Gasteiger partial charge on any atom is -0.369 e. The van der Waals surface area contributed by atoms with Crippen LogP contribution in [0.4, 0.5) is 0 Å². The first kappa shape index (κ1) is 12.9. The van der Waals surface area contributed by atoms with Crippen molar-refractivity contribution in [3.8, 4) is 0 Å². The van der Waals surface area contributed by atoms with E-state index in [-0.39, 0.29) is 11.2 Å². The molecule has 2 aromatic rings. The molecule has 4 heteroatoms. The quantitative estimate of drug-likeness (QED) is 0.863. The van der Waals surface area contributed by atoms with Gasteiger partial charge < -0.3 is 5.73 Å². The number of thioether (sulfide) groups is 1. The van der Waals surface area contributed by atoms with Gasteiger partial charge >= 0.3 is 0 Å². The summed E-state index contributed by atoms with van der Waals surface area (Å²) in [6.07, 6.45) is 0. The zero-order valence-electron chi connectivity index (χ0n) is 10.7. The molecular formula is C14H16N2OS. The molecule has 94 valence electrons. The van der Waals surface area contributed by atoms with Crippen LogP contribution in [-0.2, 0) is 4.79 Å². The molecule has 1 unspecified atom stereocenters. The van der Waals surface area contributed by atoms with Gasteiger partial charge in [0.25, 0.3) is 0 Å². The molecule has 2 N–H and O–H groups in total. The highest BCUT2D eigenvalue weighted by molar-refractivity contribution is 8.00. The Hall–Kier alpha value is -1.55. The van der Waals surface area contributed by atoms with Crippen molar-refractivity contribution in [2.24, 2.45) is 5.73 Å². The summed E-state index contributed by atoms with van der Waals surface area (Å²) < 4.78 is 0. The van der Waals surface area contributed by atoms with Crippen molar-refractivity contribution in [2.45, 2.75) is 31.0 Å². The molecule has 2 rings (SSSR count). The van der Waals surface area contributed by atoms with Crippen LogP contribution in [0.2, 0.25) is 0 Å². The van der Waals surface area contributed by atoms with E-state index in [1.165, 1.54) is 17.3 Å². The number of pyridine rings is 1. The molecule has 0 saturated carbocycles. The fourth-order valence-corrected chi connectivity index (χ4v) is 2.70. The summed E-state index contributed by atoms with van der Waals surface area (Å²) in [4.78, 5) is 15.7. The number of benzene rings is 1. The Morgan fingerprint density at radius 1 is 1.33 bits per heavy atom. The smallest absolute Gasteiger partial charge is 0.230 e. The first-order valence-electron chi connectivity index (χ1n) is 5.82. The van der Waals surface area contributed by atoms with Gasteiger partial charge in [0, 0.05) is 5.39 Å². The van der Waals surface area contributed by atoms with Gasteiger partial charge in [0.2, 0.25) is 5.91 Å². The molecule has 1 heterocycles. The summed E-state index contributed by atoms with van der Waals surface area (Å²) in [6.45, 7) is 5.90. The standard InChI is InChI=1S/C14H16N2OS/c1-8-5-4-6-11-9(2)7-12(16-13(8)11)18-10(3)14(15)17/h4-7,10H,1-3H3,(H2,15,17). The molecule has 0 aliphatic heterocycles. The van der Waals surface area contributed by atoms with Crippen LogP contribution in [0.5, 0.6) is 0 Å². The highest BCUT2D eigenvalue weighted by Gasteiger charge is 2.13. The van der Waals surface area contributed by atoms with E-state index in [9.17, 15) is 4.79 Å². The van der Waals surface area contributed by atoms with Gasteiger partial charge in [-0.15, -0.1) is 0 Å². The number of para-hydroxylation sites is 1. The van der Waals surface area contributed by atoms with Gasteiger partial charge in [0.05, 0.1) is 15.8 Å². The van der Waals surface area contributed by atoms with E-state index < -0.39 is 0 Å². The van der Waals surface area contributed by atoms with E-state index in [0.29, 0.717) is 0 Å². The molecule has 0 saturated heterocycles. The number of amides is 1. The molecule has 18 heavy (non-hydrogen) atoms. The van der Waals surface area contributed by atoms with Crippen molar-refractivity contribution in [3.63, 3.8) is 0 Å². The number of rotatable bonds is 3. The van der Waals surface area contributed by atoms with Gasteiger partial charge in [0.15, 0.2) is 0 Å². The lowest BCUT2D eigenvalue weighted by molar-refractivity contribution is -0.117. The van der Waals surface area contributed by atoms with Gasteiger partial charge in [-0.1, -0.05) is 30.0 Å². The van der Waals surface area contributed by atoms with E-state index in [4.69, 9.17) is 5.73 Å². The lowest BCUT2D eigenvalue weighted by Gasteiger charge is -2.10. The first-order chi connectivity index (χ1) is 8.49. The average molecular weight is 260 g/mol. The number of hydrogen-bond acceptors (Lipinski definition) is 3. The van der Waals surface area contributed by atoms with Gasteiger partial charge in [0.1, 0.15) is 0 Å². The lowest BCUT2D eigenvalue weighted by atomic mass is 10.1. The van der Waals surface area contributed by atoms with Gasteiger partial charge in [-0.05, 0) is 38.0 Å². The second-order valence-electron chi connectivity index (χ2n) is 4.41. The molecule has 1 aromatic carbocycles. The summed E-state index contributed by atoms with van der Waals surface area (Å²) in [5, 5.41) is 1.74. The number of hydrogen-bond donors (Lipinski definition) is 1.